The third-order valence-electron chi connectivity index (χ3n) is 4.61. The molecule has 0 saturated heterocycles. The van der Waals surface area contributed by atoms with Crippen LogP contribution < -0.4 is 0 Å². The molecule has 0 N–H and O–H groups in total. The van der Waals surface area contributed by atoms with Gasteiger partial charge >= 0.3 is 5.97 Å². The molecule has 1 aliphatic carbocycles. The summed E-state index contributed by atoms with van der Waals surface area (Å²) in [4.78, 5) is 36.6. The van der Waals surface area contributed by atoms with Gasteiger partial charge in [-0.1, -0.05) is 37.1 Å². The van der Waals surface area contributed by atoms with Gasteiger partial charge in [-0.2, -0.15) is 12.6 Å². The molecule has 4 nitrogen and oxygen atoms in total. The first-order valence-corrected chi connectivity index (χ1v) is 9.84. The molecular weight excluding hydrogens is 348 g/mol. The van der Waals surface area contributed by atoms with Gasteiger partial charge in [0.1, 0.15) is 0 Å². The van der Waals surface area contributed by atoms with Crippen LogP contribution >= 0.6 is 12.6 Å². The average molecular weight is 375 g/mol. The Morgan fingerprint density at radius 1 is 0.962 bits per heavy atom. The largest absolute Gasteiger partial charge is 0.466 e. The predicted molar refractivity (Wildman–Crippen MR) is 105 cm³/mol. The van der Waals surface area contributed by atoms with E-state index in [2.05, 4.69) is 12.6 Å². The quantitative estimate of drug-likeness (QED) is 0.370. The van der Waals surface area contributed by atoms with Crippen LogP contribution in [0.5, 0.6) is 0 Å². The third-order valence-corrected chi connectivity index (χ3v) is 4.92. The number of carbonyl (C=O) groups is 3. The van der Waals surface area contributed by atoms with Crippen molar-refractivity contribution >= 4 is 30.2 Å². The number of esters is 1. The molecule has 5 heteroatoms. The number of allylic oxidation sites excluding steroid dienone is 2. The van der Waals surface area contributed by atoms with E-state index in [4.69, 9.17) is 4.74 Å². The molecular formula is C21H26O4S. The second kappa shape index (κ2) is 10.3. The number of carbonyl (C=O) groups excluding carboxylic acids is 3. The van der Waals surface area contributed by atoms with Crippen molar-refractivity contribution in [3.8, 4) is 0 Å². The van der Waals surface area contributed by atoms with Crippen molar-refractivity contribution in [3.63, 3.8) is 0 Å². The van der Waals surface area contributed by atoms with E-state index in [0.717, 1.165) is 32.1 Å². The normalized spacial score (nSPS) is 13.8. The standard InChI is InChI=1S/C21H26O4S/c1-15-16(21(24)18-11-7-6-10-17(18)20(15)23)9-4-2-3-5-12-19(22)25-13-8-14-26/h6-7,10-11,26H,2-5,8-9,12-14H2,1H3. The van der Waals surface area contributed by atoms with E-state index in [1.54, 1.807) is 31.2 Å². The molecule has 0 amide bonds. The van der Waals surface area contributed by atoms with Crippen LogP contribution in [0.3, 0.4) is 0 Å². The molecule has 0 spiro atoms. The minimum Gasteiger partial charge on any atom is -0.466 e. The zero-order valence-electron chi connectivity index (χ0n) is 15.3. The van der Waals surface area contributed by atoms with Gasteiger partial charge in [0.15, 0.2) is 11.6 Å². The topological polar surface area (TPSA) is 60.4 Å². The third kappa shape index (κ3) is 5.31. The zero-order chi connectivity index (χ0) is 18.9. The summed E-state index contributed by atoms with van der Waals surface area (Å²) in [7, 11) is 0. The Kier molecular flexibility index (Phi) is 8.10. The Morgan fingerprint density at radius 3 is 2.31 bits per heavy atom. The maximum Gasteiger partial charge on any atom is 0.305 e. The van der Waals surface area contributed by atoms with Crippen molar-refractivity contribution in [1.29, 1.82) is 0 Å². The molecule has 140 valence electrons. The first-order chi connectivity index (χ1) is 12.6. The van der Waals surface area contributed by atoms with Crippen molar-refractivity contribution in [3.05, 3.63) is 46.5 Å². The summed E-state index contributed by atoms with van der Waals surface area (Å²) >= 11 is 4.07. The van der Waals surface area contributed by atoms with Crippen LogP contribution in [0.25, 0.3) is 0 Å². The van der Waals surface area contributed by atoms with E-state index in [9.17, 15) is 14.4 Å². The number of benzene rings is 1. The highest BCUT2D eigenvalue weighted by atomic mass is 32.1. The van der Waals surface area contributed by atoms with Gasteiger partial charge in [-0.15, -0.1) is 0 Å². The minimum absolute atomic E-state index is 0.0227. The molecule has 2 rings (SSSR count). The summed E-state index contributed by atoms with van der Waals surface area (Å²) in [5.41, 5.74) is 2.23. The molecule has 0 atom stereocenters. The van der Waals surface area contributed by atoms with Crippen LogP contribution in [0.15, 0.2) is 35.4 Å². The number of hydrogen-bond acceptors (Lipinski definition) is 5. The SMILES string of the molecule is CC1=C(CCCCCCC(=O)OCCCS)C(=O)c2ccccc2C1=O. The highest BCUT2D eigenvalue weighted by Gasteiger charge is 2.28. The number of rotatable bonds is 10. The molecule has 1 aromatic rings. The van der Waals surface area contributed by atoms with E-state index >= 15 is 0 Å². The fourth-order valence-corrected chi connectivity index (χ4v) is 3.23. The van der Waals surface area contributed by atoms with Crippen LogP contribution in [0.4, 0.5) is 0 Å². The van der Waals surface area contributed by atoms with Gasteiger partial charge in [-0.3, -0.25) is 14.4 Å². The van der Waals surface area contributed by atoms with Gasteiger partial charge in [0.2, 0.25) is 0 Å². The number of ether oxygens (including phenoxy) is 1. The van der Waals surface area contributed by atoms with Crippen LogP contribution in [0, 0.1) is 0 Å². The lowest BCUT2D eigenvalue weighted by molar-refractivity contribution is -0.143. The second-order valence-electron chi connectivity index (χ2n) is 6.52. The lowest BCUT2D eigenvalue weighted by Gasteiger charge is -2.18. The van der Waals surface area contributed by atoms with Gasteiger partial charge < -0.3 is 4.74 Å². The van der Waals surface area contributed by atoms with Crippen LogP contribution in [0.2, 0.25) is 0 Å². The van der Waals surface area contributed by atoms with Crippen molar-refractivity contribution in [2.75, 3.05) is 12.4 Å². The maximum atomic E-state index is 12.6. The molecule has 0 unspecified atom stereocenters. The molecule has 26 heavy (non-hydrogen) atoms. The van der Waals surface area contributed by atoms with Crippen molar-refractivity contribution in [2.45, 2.75) is 51.9 Å². The number of fused-ring (bicyclic) bond motifs is 1. The molecule has 0 aromatic heterocycles. The predicted octanol–water partition coefficient (Wildman–Crippen LogP) is 4.59. The summed E-state index contributed by atoms with van der Waals surface area (Å²) in [6.07, 6.45) is 5.27. The lowest BCUT2D eigenvalue weighted by atomic mass is 9.82. The van der Waals surface area contributed by atoms with E-state index < -0.39 is 0 Å². The number of Topliss-reactive ketones (excluding diaryl/α,β-unsaturated/α-hetero) is 2. The van der Waals surface area contributed by atoms with E-state index in [1.807, 2.05) is 0 Å². The van der Waals surface area contributed by atoms with E-state index in [0.29, 0.717) is 47.5 Å². The minimum atomic E-state index is -0.157. The fourth-order valence-electron chi connectivity index (χ4n) is 3.10. The van der Waals surface area contributed by atoms with Gasteiger partial charge in [0.05, 0.1) is 6.61 Å². The van der Waals surface area contributed by atoms with Crippen molar-refractivity contribution in [2.24, 2.45) is 0 Å². The summed E-state index contributed by atoms with van der Waals surface area (Å²) in [6.45, 7) is 2.18. The van der Waals surface area contributed by atoms with Gasteiger partial charge in [0, 0.05) is 28.7 Å². The highest BCUT2D eigenvalue weighted by molar-refractivity contribution is 7.80. The molecule has 0 fully saturated rings. The van der Waals surface area contributed by atoms with Gasteiger partial charge in [-0.05, 0) is 38.4 Å². The van der Waals surface area contributed by atoms with Crippen molar-refractivity contribution in [1.82, 2.24) is 0 Å². The summed E-state index contributed by atoms with van der Waals surface area (Å²) < 4.78 is 5.08. The van der Waals surface area contributed by atoms with E-state index in [-0.39, 0.29) is 17.5 Å². The highest BCUT2D eigenvalue weighted by Crippen LogP contribution is 2.29. The Labute approximate surface area is 160 Å². The number of thiol groups is 1. The maximum absolute atomic E-state index is 12.6. The van der Waals surface area contributed by atoms with Crippen molar-refractivity contribution < 1.29 is 19.1 Å². The fraction of sp³-hybridized carbons (Fsp3) is 0.476. The van der Waals surface area contributed by atoms with Crippen LogP contribution in [-0.4, -0.2) is 29.9 Å². The Morgan fingerprint density at radius 2 is 1.62 bits per heavy atom. The lowest BCUT2D eigenvalue weighted by Crippen LogP contribution is -2.20. The second-order valence-corrected chi connectivity index (χ2v) is 6.97. The Hall–Kier alpha value is -1.88. The van der Waals surface area contributed by atoms with E-state index in [1.165, 1.54) is 0 Å². The first-order valence-electron chi connectivity index (χ1n) is 9.21. The van der Waals surface area contributed by atoms with Crippen LogP contribution in [-0.2, 0) is 9.53 Å². The molecule has 0 aliphatic heterocycles. The summed E-state index contributed by atoms with van der Waals surface area (Å²) in [5, 5.41) is 0. The van der Waals surface area contributed by atoms with Gasteiger partial charge in [0.25, 0.3) is 0 Å². The number of unbranched alkanes of at least 4 members (excludes halogenated alkanes) is 3. The van der Waals surface area contributed by atoms with Gasteiger partial charge in [-0.25, -0.2) is 0 Å². The molecule has 0 radical (unpaired) electrons. The monoisotopic (exact) mass is 374 g/mol. The van der Waals surface area contributed by atoms with Crippen LogP contribution in [0.1, 0.15) is 72.6 Å². The molecule has 0 bridgehead atoms. The Balaban J connectivity index is 1.74. The summed E-state index contributed by atoms with van der Waals surface area (Å²) in [5.74, 6) is 0.494. The molecule has 1 aliphatic rings. The molecule has 0 saturated carbocycles. The average Bonchev–Trinajstić information content (AvgIpc) is 2.65. The zero-order valence-corrected chi connectivity index (χ0v) is 16.1. The number of hydrogen-bond donors (Lipinski definition) is 1. The Bertz CT molecular complexity index is 706. The molecule has 1 aromatic carbocycles. The number of ketones is 2. The first kappa shape index (κ1) is 20.4. The molecule has 0 heterocycles. The summed E-state index contributed by atoms with van der Waals surface area (Å²) in [6, 6.07) is 7.01. The smallest absolute Gasteiger partial charge is 0.305 e.